The van der Waals surface area contributed by atoms with Crippen molar-refractivity contribution in [2.45, 2.75) is 50.8 Å². The molecule has 1 aliphatic carbocycles. The molecule has 1 heterocycles. The van der Waals surface area contributed by atoms with Crippen molar-refractivity contribution >= 4 is 12.1 Å². The van der Waals surface area contributed by atoms with Gasteiger partial charge in [0.05, 0.1) is 20.1 Å². The molecule has 2 aromatic carbocycles. The second kappa shape index (κ2) is 8.46. The van der Waals surface area contributed by atoms with Gasteiger partial charge in [-0.15, -0.1) is 0 Å². The summed E-state index contributed by atoms with van der Waals surface area (Å²) in [6.45, 7) is 5.57. The van der Waals surface area contributed by atoms with Crippen molar-refractivity contribution in [2.24, 2.45) is 0 Å². The molecule has 1 spiro atoms. The summed E-state index contributed by atoms with van der Waals surface area (Å²) >= 11 is 0. The highest BCUT2D eigenvalue weighted by atomic mass is 16.6. The van der Waals surface area contributed by atoms with E-state index in [1.165, 1.54) is 6.92 Å². The summed E-state index contributed by atoms with van der Waals surface area (Å²) < 4.78 is 22.6. The minimum atomic E-state index is -0.866. The molecule has 2 aliphatic rings. The van der Waals surface area contributed by atoms with Crippen molar-refractivity contribution in [3.05, 3.63) is 71.5 Å². The Bertz CT molecular complexity index is 1090. The van der Waals surface area contributed by atoms with Gasteiger partial charge in [0.25, 0.3) is 0 Å². The summed E-state index contributed by atoms with van der Waals surface area (Å²) in [5, 5.41) is 0. The number of esters is 1. The summed E-state index contributed by atoms with van der Waals surface area (Å²) in [6.07, 6.45) is 1.97. The molecule has 0 radical (unpaired) electrons. The quantitative estimate of drug-likeness (QED) is 0.587. The molecule has 7 heteroatoms. The normalized spacial score (nSPS) is 23.3. The first kappa shape index (κ1) is 22.7. The molecule has 1 saturated heterocycles. The number of hydrogen-bond acceptors (Lipinski definition) is 6. The second-order valence-corrected chi connectivity index (χ2v) is 8.83. The molecule has 0 unspecified atom stereocenters. The van der Waals surface area contributed by atoms with Gasteiger partial charge in [-0.1, -0.05) is 36.4 Å². The smallest absolute Gasteiger partial charge is 0.411 e. The van der Waals surface area contributed by atoms with Gasteiger partial charge in [-0.25, -0.2) is 4.79 Å². The molecule has 4 rings (SSSR count). The number of nitrogens with zero attached hydrogens (tertiary/aromatic N) is 1. The molecule has 1 amide bonds. The van der Waals surface area contributed by atoms with E-state index in [1.54, 1.807) is 19.1 Å². The van der Waals surface area contributed by atoms with Crippen molar-refractivity contribution in [2.75, 3.05) is 14.2 Å². The van der Waals surface area contributed by atoms with Crippen LogP contribution in [0.3, 0.4) is 0 Å². The maximum absolute atomic E-state index is 13.2. The molecule has 174 valence electrons. The summed E-state index contributed by atoms with van der Waals surface area (Å²) in [6, 6.07) is 15.4. The van der Waals surface area contributed by atoms with Crippen molar-refractivity contribution in [1.82, 2.24) is 4.90 Å². The van der Waals surface area contributed by atoms with E-state index in [4.69, 9.17) is 18.9 Å². The second-order valence-electron chi connectivity index (χ2n) is 8.83. The SMILES string of the molecule is COc1ccc([C@H]2C(OC(C)=O)=CC[C@@]23N(Cc2ccccc2)C(=O)OC3(C)C)cc1OC. The van der Waals surface area contributed by atoms with Crippen LogP contribution in [-0.4, -0.2) is 42.3 Å². The summed E-state index contributed by atoms with van der Waals surface area (Å²) in [7, 11) is 3.15. The molecule has 0 N–H and O–H groups in total. The van der Waals surface area contributed by atoms with Crippen LogP contribution < -0.4 is 9.47 Å². The largest absolute Gasteiger partial charge is 0.493 e. The van der Waals surface area contributed by atoms with Gasteiger partial charge in [-0.05, 0) is 49.6 Å². The molecule has 0 saturated carbocycles. The van der Waals surface area contributed by atoms with Crippen LogP contribution in [0.4, 0.5) is 4.79 Å². The molecule has 1 fully saturated rings. The van der Waals surface area contributed by atoms with Gasteiger partial charge < -0.3 is 18.9 Å². The first-order valence-corrected chi connectivity index (χ1v) is 10.9. The number of hydrogen-bond donors (Lipinski definition) is 0. The van der Waals surface area contributed by atoms with E-state index in [0.29, 0.717) is 30.2 Å². The Hall–Kier alpha value is -3.48. The van der Waals surface area contributed by atoms with Crippen LogP contribution in [0, 0.1) is 0 Å². The molecule has 0 bridgehead atoms. The fourth-order valence-electron chi connectivity index (χ4n) is 5.15. The van der Waals surface area contributed by atoms with Crippen LogP contribution in [0.15, 0.2) is 60.4 Å². The van der Waals surface area contributed by atoms with E-state index < -0.39 is 29.1 Å². The van der Waals surface area contributed by atoms with Gasteiger partial charge >= 0.3 is 12.1 Å². The first-order chi connectivity index (χ1) is 15.7. The number of benzene rings is 2. The zero-order chi connectivity index (χ0) is 23.8. The maximum Gasteiger partial charge on any atom is 0.411 e. The summed E-state index contributed by atoms with van der Waals surface area (Å²) in [5.74, 6) is 0.773. The topological polar surface area (TPSA) is 74.3 Å². The fraction of sp³-hybridized carbons (Fsp3) is 0.385. The van der Waals surface area contributed by atoms with Crippen molar-refractivity contribution < 1.29 is 28.5 Å². The van der Waals surface area contributed by atoms with Crippen LogP contribution >= 0.6 is 0 Å². The highest BCUT2D eigenvalue weighted by Gasteiger charge is 2.67. The van der Waals surface area contributed by atoms with Crippen LogP contribution in [-0.2, 0) is 20.8 Å². The average Bonchev–Trinajstić information content (AvgIpc) is 3.24. The van der Waals surface area contributed by atoms with Gasteiger partial charge in [-0.2, -0.15) is 0 Å². The number of methoxy groups -OCH3 is 2. The monoisotopic (exact) mass is 451 g/mol. The Morgan fingerprint density at radius 3 is 2.42 bits per heavy atom. The van der Waals surface area contributed by atoms with E-state index in [0.717, 1.165) is 11.1 Å². The minimum absolute atomic E-state index is 0.369. The number of carbonyl (C=O) groups is 2. The van der Waals surface area contributed by atoms with E-state index >= 15 is 0 Å². The first-order valence-electron chi connectivity index (χ1n) is 10.9. The molecular formula is C26H29NO6. The lowest BCUT2D eigenvalue weighted by Crippen LogP contribution is -2.58. The predicted octanol–water partition coefficient (Wildman–Crippen LogP) is 4.81. The molecule has 2 atom stereocenters. The molecule has 1 aliphatic heterocycles. The highest BCUT2D eigenvalue weighted by Crippen LogP contribution is 2.58. The zero-order valence-electron chi connectivity index (χ0n) is 19.6. The molecule has 2 aromatic rings. The molecular weight excluding hydrogens is 422 g/mol. The number of cyclic esters (lactones) is 1. The Morgan fingerprint density at radius 2 is 1.79 bits per heavy atom. The zero-order valence-corrected chi connectivity index (χ0v) is 19.6. The Labute approximate surface area is 193 Å². The lowest BCUT2D eigenvalue weighted by molar-refractivity contribution is -0.137. The van der Waals surface area contributed by atoms with Gasteiger partial charge in [0.15, 0.2) is 11.5 Å². The third kappa shape index (κ3) is 3.71. The summed E-state index contributed by atoms with van der Waals surface area (Å²) in [5.41, 5.74) is 0.139. The predicted molar refractivity (Wildman–Crippen MR) is 122 cm³/mol. The lowest BCUT2D eigenvalue weighted by atomic mass is 9.70. The summed E-state index contributed by atoms with van der Waals surface area (Å²) in [4.78, 5) is 27.0. The Morgan fingerprint density at radius 1 is 1.09 bits per heavy atom. The number of rotatable bonds is 6. The van der Waals surface area contributed by atoms with Gasteiger partial charge in [-0.3, -0.25) is 9.69 Å². The maximum atomic E-state index is 13.2. The van der Waals surface area contributed by atoms with Crippen molar-refractivity contribution in [3.8, 4) is 11.5 Å². The van der Waals surface area contributed by atoms with Gasteiger partial charge in [0, 0.05) is 13.5 Å². The molecule has 0 aromatic heterocycles. The molecule has 7 nitrogen and oxygen atoms in total. The Balaban J connectivity index is 1.87. The number of carbonyl (C=O) groups excluding carboxylic acids is 2. The third-order valence-electron chi connectivity index (χ3n) is 6.65. The fourth-order valence-corrected chi connectivity index (χ4v) is 5.15. The van der Waals surface area contributed by atoms with E-state index in [1.807, 2.05) is 68.5 Å². The van der Waals surface area contributed by atoms with Crippen LogP contribution in [0.1, 0.15) is 44.2 Å². The number of amides is 1. The lowest BCUT2D eigenvalue weighted by Gasteiger charge is -2.45. The van der Waals surface area contributed by atoms with Gasteiger partial charge in [0.1, 0.15) is 16.9 Å². The average molecular weight is 452 g/mol. The van der Waals surface area contributed by atoms with E-state index in [-0.39, 0.29) is 0 Å². The van der Waals surface area contributed by atoms with E-state index in [2.05, 4.69) is 0 Å². The van der Waals surface area contributed by atoms with Crippen LogP contribution in [0.25, 0.3) is 0 Å². The molecule has 33 heavy (non-hydrogen) atoms. The standard InChI is InChI=1S/C26H29NO6/c1-17(28)32-21-13-14-26(23(21)19-11-12-20(30-4)22(15-19)31-5)25(2,3)33-24(29)27(26)16-18-9-7-6-8-10-18/h6-13,15,23H,14,16H2,1-5H3/t23-,26+/m0/s1. The van der Waals surface area contributed by atoms with Crippen LogP contribution in [0.5, 0.6) is 11.5 Å². The van der Waals surface area contributed by atoms with E-state index in [9.17, 15) is 9.59 Å². The highest BCUT2D eigenvalue weighted by molar-refractivity contribution is 5.75. The van der Waals surface area contributed by atoms with Crippen LogP contribution in [0.2, 0.25) is 0 Å². The Kier molecular flexibility index (Phi) is 5.82. The number of ether oxygens (including phenoxy) is 4. The van der Waals surface area contributed by atoms with Gasteiger partial charge in [0.2, 0.25) is 0 Å². The van der Waals surface area contributed by atoms with Crippen molar-refractivity contribution in [1.29, 1.82) is 0 Å². The third-order valence-corrected chi connectivity index (χ3v) is 6.65. The van der Waals surface area contributed by atoms with Crippen molar-refractivity contribution in [3.63, 3.8) is 0 Å². The minimum Gasteiger partial charge on any atom is -0.493 e.